The number of nitrogens with one attached hydrogen (secondary N) is 2. The van der Waals surface area contributed by atoms with Crippen molar-refractivity contribution in [3.05, 3.63) is 0 Å². The number of carbonyl (C=O) groups is 1. The zero-order chi connectivity index (χ0) is 14.6. The number of nitrogens with zero attached hydrogens (tertiary/aromatic N) is 1. The average Bonchev–Trinajstić information content (AvgIpc) is 3.26. The van der Waals surface area contributed by atoms with Gasteiger partial charge in [-0.2, -0.15) is 0 Å². The summed E-state index contributed by atoms with van der Waals surface area (Å²) in [5.41, 5.74) is 0. The van der Waals surface area contributed by atoms with Crippen molar-refractivity contribution in [3.63, 3.8) is 0 Å². The summed E-state index contributed by atoms with van der Waals surface area (Å²) < 4.78 is 10.1. The number of hydrogen-bond donors (Lipinski definition) is 2. The van der Waals surface area contributed by atoms with Crippen molar-refractivity contribution in [2.45, 2.75) is 32.6 Å². The van der Waals surface area contributed by atoms with E-state index in [2.05, 4.69) is 20.4 Å². The summed E-state index contributed by atoms with van der Waals surface area (Å²) in [6.45, 7) is 5.72. The molecule has 2 N–H and O–H groups in total. The Labute approximate surface area is 144 Å². The van der Waals surface area contributed by atoms with Crippen molar-refractivity contribution < 1.29 is 14.3 Å². The summed E-state index contributed by atoms with van der Waals surface area (Å²) in [6, 6.07) is 0. The number of guanidine groups is 1. The first-order valence-electron chi connectivity index (χ1n) is 7.43. The predicted octanol–water partition coefficient (Wildman–Crippen LogP) is 1.54. The van der Waals surface area contributed by atoms with Gasteiger partial charge < -0.3 is 20.1 Å². The highest BCUT2D eigenvalue weighted by Gasteiger charge is 2.20. The molecule has 0 aliphatic heterocycles. The van der Waals surface area contributed by atoms with Crippen LogP contribution in [0.2, 0.25) is 0 Å². The Bertz CT molecular complexity index is 310. The van der Waals surface area contributed by atoms with E-state index < -0.39 is 0 Å². The summed E-state index contributed by atoms with van der Waals surface area (Å²) in [5, 5.41) is 6.24. The van der Waals surface area contributed by atoms with Crippen LogP contribution < -0.4 is 10.6 Å². The number of hydrogen-bond acceptors (Lipinski definition) is 4. The summed E-state index contributed by atoms with van der Waals surface area (Å²) in [6.07, 6.45) is 3.91. The van der Waals surface area contributed by atoms with Crippen LogP contribution in [0.1, 0.15) is 32.6 Å². The second kappa shape index (κ2) is 13.1. The van der Waals surface area contributed by atoms with Gasteiger partial charge in [0.05, 0.1) is 13.5 Å². The molecule has 1 saturated carbocycles. The van der Waals surface area contributed by atoms with Crippen molar-refractivity contribution in [2.24, 2.45) is 10.9 Å². The third-order valence-corrected chi connectivity index (χ3v) is 2.96. The van der Waals surface area contributed by atoms with Gasteiger partial charge in [-0.25, -0.2) is 0 Å². The maximum atomic E-state index is 11.0. The van der Waals surface area contributed by atoms with Crippen LogP contribution in [0.4, 0.5) is 0 Å². The van der Waals surface area contributed by atoms with Crippen molar-refractivity contribution >= 4 is 35.9 Å². The molecule has 0 radical (unpaired) electrons. The summed E-state index contributed by atoms with van der Waals surface area (Å²) in [5.74, 6) is 1.33. The molecule has 0 amide bonds. The number of methoxy groups -OCH3 is 1. The van der Waals surface area contributed by atoms with Gasteiger partial charge in [-0.15, -0.1) is 24.0 Å². The Hall–Kier alpha value is -0.570. The molecule has 6 nitrogen and oxygen atoms in total. The van der Waals surface area contributed by atoms with E-state index in [1.807, 2.05) is 6.92 Å². The molecule has 0 aromatic carbocycles. The smallest absolute Gasteiger partial charge is 0.307 e. The van der Waals surface area contributed by atoms with E-state index in [0.717, 1.165) is 44.6 Å². The SMILES string of the molecule is CCNC(=NCCCOCC1CC1)NCCC(=O)OC.I. The summed E-state index contributed by atoms with van der Waals surface area (Å²) in [7, 11) is 1.39. The van der Waals surface area contributed by atoms with Gasteiger partial charge in [-0.3, -0.25) is 9.79 Å². The molecule has 0 bridgehead atoms. The minimum atomic E-state index is -0.221. The maximum Gasteiger partial charge on any atom is 0.307 e. The van der Waals surface area contributed by atoms with E-state index in [1.165, 1.54) is 20.0 Å². The van der Waals surface area contributed by atoms with Crippen molar-refractivity contribution in [2.75, 3.05) is 40.0 Å². The second-order valence-electron chi connectivity index (χ2n) is 4.89. The van der Waals surface area contributed by atoms with Crippen LogP contribution in [0.15, 0.2) is 4.99 Å². The van der Waals surface area contributed by atoms with E-state index in [0.29, 0.717) is 13.0 Å². The fourth-order valence-electron chi connectivity index (χ4n) is 1.62. The molecular formula is C14H28IN3O3. The molecule has 0 atom stereocenters. The number of rotatable bonds is 10. The molecule has 0 aromatic heterocycles. The first-order valence-corrected chi connectivity index (χ1v) is 7.43. The molecule has 0 spiro atoms. The third-order valence-electron chi connectivity index (χ3n) is 2.96. The molecule has 1 aliphatic rings. The fourth-order valence-corrected chi connectivity index (χ4v) is 1.62. The number of ether oxygens (including phenoxy) is 2. The molecule has 7 heteroatoms. The number of esters is 1. The van der Waals surface area contributed by atoms with Crippen LogP contribution in [-0.2, 0) is 14.3 Å². The molecule has 124 valence electrons. The Morgan fingerprint density at radius 1 is 1.33 bits per heavy atom. The summed E-state index contributed by atoms with van der Waals surface area (Å²) in [4.78, 5) is 15.4. The minimum absolute atomic E-state index is 0. The minimum Gasteiger partial charge on any atom is -0.469 e. The lowest BCUT2D eigenvalue weighted by atomic mass is 10.4. The van der Waals surface area contributed by atoms with E-state index in [-0.39, 0.29) is 29.9 Å². The second-order valence-corrected chi connectivity index (χ2v) is 4.89. The van der Waals surface area contributed by atoms with Crippen LogP contribution in [-0.4, -0.2) is 51.9 Å². The van der Waals surface area contributed by atoms with E-state index in [4.69, 9.17) is 4.74 Å². The predicted molar refractivity (Wildman–Crippen MR) is 94.2 cm³/mol. The highest BCUT2D eigenvalue weighted by molar-refractivity contribution is 14.0. The number of carbonyl (C=O) groups excluding carboxylic acids is 1. The van der Waals surface area contributed by atoms with Gasteiger partial charge in [-0.1, -0.05) is 0 Å². The average molecular weight is 413 g/mol. The Morgan fingerprint density at radius 3 is 2.71 bits per heavy atom. The van der Waals surface area contributed by atoms with E-state index in [9.17, 15) is 4.79 Å². The lowest BCUT2D eigenvalue weighted by Gasteiger charge is -2.10. The zero-order valence-corrected chi connectivity index (χ0v) is 15.4. The zero-order valence-electron chi connectivity index (χ0n) is 13.0. The van der Waals surface area contributed by atoms with Crippen LogP contribution in [0.25, 0.3) is 0 Å². The Kier molecular flexibility index (Phi) is 12.8. The van der Waals surface area contributed by atoms with Gasteiger partial charge in [0.15, 0.2) is 5.96 Å². The van der Waals surface area contributed by atoms with Crippen LogP contribution in [0, 0.1) is 5.92 Å². The normalized spacial score (nSPS) is 14.3. The van der Waals surface area contributed by atoms with Crippen molar-refractivity contribution in [1.82, 2.24) is 10.6 Å². The molecule has 1 aliphatic carbocycles. The van der Waals surface area contributed by atoms with E-state index in [1.54, 1.807) is 0 Å². The molecule has 21 heavy (non-hydrogen) atoms. The standard InChI is InChI=1S/C14H27N3O3.HI/c1-3-15-14(17-9-7-13(18)19-2)16-8-4-10-20-11-12-5-6-12;/h12H,3-11H2,1-2H3,(H2,15,16,17);1H. The first kappa shape index (κ1) is 20.4. The molecule has 0 heterocycles. The molecule has 1 rings (SSSR count). The molecule has 0 saturated heterocycles. The number of halogens is 1. The molecular weight excluding hydrogens is 385 g/mol. The van der Waals surface area contributed by atoms with Gasteiger partial charge in [0, 0.05) is 32.8 Å². The van der Waals surface area contributed by atoms with E-state index >= 15 is 0 Å². The van der Waals surface area contributed by atoms with Gasteiger partial charge in [0.25, 0.3) is 0 Å². The quantitative estimate of drug-likeness (QED) is 0.187. The third kappa shape index (κ3) is 11.7. The first-order chi connectivity index (χ1) is 9.76. The molecule has 0 aromatic rings. The van der Waals surface area contributed by atoms with Crippen molar-refractivity contribution in [3.8, 4) is 0 Å². The lowest BCUT2D eigenvalue weighted by Crippen LogP contribution is -2.38. The topological polar surface area (TPSA) is 72.0 Å². The van der Waals surface area contributed by atoms with Gasteiger partial charge in [0.1, 0.15) is 0 Å². The molecule has 1 fully saturated rings. The summed E-state index contributed by atoms with van der Waals surface area (Å²) >= 11 is 0. The Balaban J connectivity index is 0.00000400. The molecule has 0 unspecified atom stereocenters. The largest absolute Gasteiger partial charge is 0.469 e. The highest BCUT2D eigenvalue weighted by Crippen LogP contribution is 2.28. The fraction of sp³-hybridized carbons (Fsp3) is 0.857. The van der Waals surface area contributed by atoms with Gasteiger partial charge in [0.2, 0.25) is 0 Å². The van der Waals surface area contributed by atoms with Crippen LogP contribution in [0.5, 0.6) is 0 Å². The van der Waals surface area contributed by atoms with Gasteiger partial charge in [-0.05, 0) is 32.1 Å². The Morgan fingerprint density at radius 2 is 2.10 bits per heavy atom. The number of aliphatic imine (C=N–C) groups is 1. The highest BCUT2D eigenvalue weighted by atomic mass is 127. The lowest BCUT2D eigenvalue weighted by molar-refractivity contribution is -0.140. The monoisotopic (exact) mass is 413 g/mol. The maximum absolute atomic E-state index is 11.0. The van der Waals surface area contributed by atoms with Crippen molar-refractivity contribution in [1.29, 1.82) is 0 Å². The van der Waals surface area contributed by atoms with Gasteiger partial charge >= 0.3 is 5.97 Å². The van der Waals surface area contributed by atoms with Crippen LogP contribution >= 0.6 is 24.0 Å². The van der Waals surface area contributed by atoms with Crippen LogP contribution in [0.3, 0.4) is 0 Å².